The van der Waals surface area contributed by atoms with Crippen LogP contribution in [0.15, 0.2) is 17.2 Å². The van der Waals surface area contributed by atoms with Crippen LogP contribution in [-0.2, 0) is 0 Å². The molecule has 4 heteroatoms. The van der Waals surface area contributed by atoms with Crippen LogP contribution in [0.1, 0.15) is 51.8 Å². The molecule has 0 bridgehead atoms. The number of nitrogens with zero attached hydrogens (tertiary/aromatic N) is 2. The van der Waals surface area contributed by atoms with Gasteiger partial charge >= 0.3 is 6.01 Å². The highest BCUT2D eigenvalue weighted by atomic mass is 16.5. The molecule has 1 atom stereocenters. The first-order chi connectivity index (χ1) is 7.63. The van der Waals surface area contributed by atoms with Crippen molar-refractivity contribution in [1.82, 2.24) is 10.1 Å². The summed E-state index contributed by atoms with van der Waals surface area (Å²) in [5, 5.41) is 7.10. The fraction of sp³-hybridized carbons (Fsp3) is 0.667. The molecule has 4 nitrogen and oxygen atoms in total. The fourth-order valence-electron chi connectivity index (χ4n) is 1.38. The van der Waals surface area contributed by atoms with Crippen LogP contribution in [0.4, 0.5) is 6.01 Å². The second-order valence-corrected chi connectivity index (χ2v) is 4.38. The van der Waals surface area contributed by atoms with Gasteiger partial charge in [0.15, 0.2) is 5.82 Å². The van der Waals surface area contributed by atoms with E-state index in [1.807, 2.05) is 19.9 Å². The van der Waals surface area contributed by atoms with Crippen molar-refractivity contribution in [3.8, 4) is 0 Å². The second-order valence-electron chi connectivity index (χ2n) is 4.38. The van der Waals surface area contributed by atoms with Gasteiger partial charge in [-0.1, -0.05) is 25.1 Å². The topological polar surface area (TPSA) is 51.0 Å². The molecule has 1 aromatic heterocycles. The molecule has 0 aliphatic heterocycles. The Kier molecular flexibility index (Phi) is 5.02. The van der Waals surface area contributed by atoms with Gasteiger partial charge in [0.05, 0.1) is 0 Å². The largest absolute Gasteiger partial charge is 0.335 e. The van der Waals surface area contributed by atoms with E-state index in [-0.39, 0.29) is 0 Å². The average Bonchev–Trinajstić information content (AvgIpc) is 2.66. The third kappa shape index (κ3) is 4.04. The molecule has 1 heterocycles. The van der Waals surface area contributed by atoms with Crippen LogP contribution in [0.5, 0.6) is 0 Å². The van der Waals surface area contributed by atoms with Crippen LogP contribution >= 0.6 is 0 Å². The summed E-state index contributed by atoms with van der Waals surface area (Å²) in [7, 11) is 0. The highest BCUT2D eigenvalue weighted by Gasteiger charge is 2.11. The van der Waals surface area contributed by atoms with Crippen LogP contribution in [-0.4, -0.2) is 16.2 Å². The normalized spacial score (nSPS) is 12.8. The van der Waals surface area contributed by atoms with Crippen molar-refractivity contribution < 1.29 is 4.52 Å². The van der Waals surface area contributed by atoms with Crippen LogP contribution in [0.25, 0.3) is 0 Å². The van der Waals surface area contributed by atoms with E-state index in [9.17, 15) is 0 Å². The third-order valence-corrected chi connectivity index (χ3v) is 2.37. The molecule has 90 valence electrons. The van der Waals surface area contributed by atoms with Gasteiger partial charge in [-0.15, -0.1) is 6.58 Å². The predicted octanol–water partition coefficient (Wildman–Crippen LogP) is 3.35. The van der Waals surface area contributed by atoms with Gasteiger partial charge in [-0.05, 0) is 26.2 Å². The zero-order chi connectivity index (χ0) is 12.0. The van der Waals surface area contributed by atoms with Gasteiger partial charge < -0.3 is 9.84 Å². The average molecular weight is 223 g/mol. The number of rotatable bonds is 7. The number of unbranched alkanes of at least 4 members (excludes halogenated alkanes) is 1. The Morgan fingerprint density at radius 3 is 2.75 bits per heavy atom. The van der Waals surface area contributed by atoms with E-state index in [1.165, 1.54) is 0 Å². The standard InChI is InChI=1S/C12H21N3O/c1-5-6-7-8-10(4)13-12-14-11(9(2)3)15-16-12/h5,9-10H,1,6-8H2,2-4H3,(H,13,14,15). The molecule has 16 heavy (non-hydrogen) atoms. The molecule has 0 spiro atoms. The molecule has 0 aromatic carbocycles. The summed E-state index contributed by atoms with van der Waals surface area (Å²) in [6.45, 7) is 9.90. The van der Waals surface area contributed by atoms with Crippen molar-refractivity contribution in [3.05, 3.63) is 18.5 Å². The Morgan fingerprint density at radius 2 is 2.19 bits per heavy atom. The number of hydrogen-bond acceptors (Lipinski definition) is 4. The van der Waals surface area contributed by atoms with E-state index in [0.717, 1.165) is 25.1 Å². The number of anilines is 1. The van der Waals surface area contributed by atoms with E-state index in [0.29, 0.717) is 18.0 Å². The Balaban J connectivity index is 2.37. The lowest BCUT2D eigenvalue weighted by Gasteiger charge is -2.10. The zero-order valence-electron chi connectivity index (χ0n) is 10.4. The van der Waals surface area contributed by atoms with Gasteiger partial charge in [0.1, 0.15) is 0 Å². The Morgan fingerprint density at radius 1 is 1.44 bits per heavy atom. The lowest BCUT2D eigenvalue weighted by atomic mass is 10.1. The summed E-state index contributed by atoms with van der Waals surface area (Å²) in [6.07, 6.45) is 5.19. The molecule has 1 aromatic rings. The SMILES string of the molecule is C=CCCCC(C)Nc1nc(C(C)C)no1. The minimum absolute atomic E-state index is 0.301. The number of nitrogens with one attached hydrogen (secondary N) is 1. The summed E-state index contributed by atoms with van der Waals surface area (Å²) < 4.78 is 5.11. The second kappa shape index (κ2) is 6.30. The maximum atomic E-state index is 5.11. The first-order valence-electron chi connectivity index (χ1n) is 5.84. The Labute approximate surface area is 97.1 Å². The van der Waals surface area contributed by atoms with Crippen LogP contribution in [0.2, 0.25) is 0 Å². The quantitative estimate of drug-likeness (QED) is 0.569. The molecule has 0 saturated heterocycles. The molecule has 1 N–H and O–H groups in total. The van der Waals surface area contributed by atoms with Gasteiger partial charge in [0, 0.05) is 12.0 Å². The van der Waals surface area contributed by atoms with Crippen molar-refractivity contribution in [3.63, 3.8) is 0 Å². The summed E-state index contributed by atoms with van der Waals surface area (Å²) in [5.41, 5.74) is 0. The molecular formula is C12H21N3O. The highest BCUT2D eigenvalue weighted by molar-refractivity contribution is 5.20. The number of allylic oxidation sites excluding steroid dienone is 1. The molecule has 0 aliphatic rings. The molecule has 1 unspecified atom stereocenters. The Hall–Kier alpha value is -1.32. The van der Waals surface area contributed by atoms with Crippen molar-refractivity contribution >= 4 is 6.01 Å². The van der Waals surface area contributed by atoms with Crippen molar-refractivity contribution in [2.75, 3.05) is 5.32 Å². The van der Waals surface area contributed by atoms with E-state index in [4.69, 9.17) is 4.52 Å². The smallest absolute Gasteiger partial charge is 0.321 e. The molecule has 0 saturated carbocycles. The molecule has 0 radical (unpaired) electrons. The first-order valence-corrected chi connectivity index (χ1v) is 5.84. The van der Waals surface area contributed by atoms with Gasteiger partial charge in [-0.2, -0.15) is 4.98 Å². The number of hydrogen-bond donors (Lipinski definition) is 1. The van der Waals surface area contributed by atoms with E-state index in [1.54, 1.807) is 0 Å². The van der Waals surface area contributed by atoms with Gasteiger partial charge in [-0.3, -0.25) is 0 Å². The third-order valence-electron chi connectivity index (χ3n) is 2.37. The molecule has 0 amide bonds. The van der Waals surface area contributed by atoms with Crippen LogP contribution < -0.4 is 5.32 Å². The minimum atomic E-state index is 0.301. The van der Waals surface area contributed by atoms with Crippen molar-refractivity contribution in [1.29, 1.82) is 0 Å². The lowest BCUT2D eigenvalue weighted by Crippen LogP contribution is -2.15. The van der Waals surface area contributed by atoms with E-state index >= 15 is 0 Å². The first kappa shape index (κ1) is 12.7. The molecule has 0 aliphatic carbocycles. The van der Waals surface area contributed by atoms with Crippen LogP contribution in [0.3, 0.4) is 0 Å². The van der Waals surface area contributed by atoms with Gasteiger partial charge in [0.25, 0.3) is 0 Å². The van der Waals surface area contributed by atoms with Crippen molar-refractivity contribution in [2.24, 2.45) is 0 Å². The zero-order valence-corrected chi connectivity index (χ0v) is 10.4. The molecular weight excluding hydrogens is 202 g/mol. The molecule has 0 fully saturated rings. The minimum Gasteiger partial charge on any atom is -0.335 e. The summed E-state index contributed by atoms with van der Waals surface area (Å²) in [5.74, 6) is 1.05. The predicted molar refractivity (Wildman–Crippen MR) is 65.5 cm³/mol. The fourth-order valence-corrected chi connectivity index (χ4v) is 1.38. The monoisotopic (exact) mass is 223 g/mol. The summed E-state index contributed by atoms with van der Waals surface area (Å²) in [4.78, 5) is 4.27. The van der Waals surface area contributed by atoms with Gasteiger partial charge in [-0.25, -0.2) is 0 Å². The summed E-state index contributed by atoms with van der Waals surface area (Å²) in [6, 6.07) is 0.871. The van der Waals surface area contributed by atoms with Crippen LogP contribution in [0, 0.1) is 0 Å². The highest BCUT2D eigenvalue weighted by Crippen LogP contribution is 2.14. The van der Waals surface area contributed by atoms with E-state index < -0.39 is 0 Å². The van der Waals surface area contributed by atoms with E-state index in [2.05, 4.69) is 29.0 Å². The maximum Gasteiger partial charge on any atom is 0.321 e. The maximum absolute atomic E-state index is 5.11. The molecule has 1 rings (SSSR count). The summed E-state index contributed by atoms with van der Waals surface area (Å²) >= 11 is 0. The lowest BCUT2D eigenvalue weighted by molar-refractivity contribution is 0.415. The number of aromatic nitrogens is 2. The Bertz CT molecular complexity index is 320. The van der Waals surface area contributed by atoms with Gasteiger partial charge in [0.2, 0.25) is 0 Å². The van der Waals surface area contributed by atoms with Crippen molar-refractivity contribution in [2.45, 2.75) is 52.0 Å².